The Morgan fingerprint density at radius 2 is 1.83 bits per heavy atom. The third-order valence-corrected chi connectivity index (χ3v) is 5.13. The van der Waals surface area contributed by atoms with Crippen LogP contribution in [0.15, 0.2) is 53.1 Å². The summed E-state index contributed by atoms with van der Waals surface area (Å²) in [5.74, 6) is -0.129. The summed E-state index contributed by atoms with van der Waals surface area (Å²) in [5, 5.41) is 7.05. The van der Waals surface area contributed by atoms with E-state index in [1.165, 1.54) is 12.1 Å². The van der Waals surface area contributed by atoms with Gasteiger partial charge in [0.1, 0.15) is 6.04 Å². The standard InChI is InChI=1S/C21H19ClF3N3O2/c1-3-12(2)17(26-19(29)15-6-4-5-7-16(15)22)20-27-18(28-30-20)13-8-10-14(11-9-13)21(23,24)25/h4-12,17H,3H2,1-2H3,(H,26,29)/t12-,17-/m0/s1. The Labute approximate surface area is 176 Å². The predicted octanol–water partition coefficient (Wildman–Crippen LogP) is 5.93. The van der Waals surface area contributed by atoms with Gasteiger partial charge in [0.05, 0.1) is 16.1 Å². The first-order chi connectivity index (χ1) is 14.2. The lowest BCUT2D eigenvalue weighted by molar-refractivity contribution is -0.137. The van der Waals surface area contributed by atoms with Crippen molar-refractivity contribution in [2.75, 3.05) is 0 Å². The molecule has 0 aliphatic carbocycles. The SMILES string of the molecule is CC[C@H](C)[C@H](NC(=O)c1ccccc1Cl)c1nc(-c2ccc(C(F)(F)F)cc2)no1. The summed E-state index contributed by atoms with van der Waals surface area (Å²) in [6, 6.07) is 10.5. The minimum atomic E-state index is -4.43. The zero-order valence-electron chi connectivity index (χ0n) is 16.2. The minimum absolute atomic E-state index is 0.0441. The molecule has 0 aliphatic heterocycles. The van der Waals surface area contributed by atoms with E-state index in [4.69, 9.17) is 16.1 Å². The second kappa shape index (κ2) is 8.87. The Morgan fingerprint density at radius 1 is 1.17 bits per heavy atom. The van der Waals surface area contributed by atoms with Crippen LogP contribution >= 0.6 is 11.6 Å². The number of benzene rings is 2. The fourth-order valence-electron chi connectivity index (χ4n) is 2.83. The van der Waals surface area contributed by atoms with E-state index in [-0.39, 0.29) is 23.5 Å². The van der Waals surface area contributed by atoms with Crippen LogP contribution in [0.4, 0.5) is 13.2 Å². The Balaban J connectivity index is 1.85. The average Bonchev–Trinajstić information content (AvgIpc) is 3.21. The zero-order valence-corrected chi connectivity index (χ0v) is 17.0. The molecule has 1 amide bonds. The lowest BCUT2D eigenvalue weighted by atomic mass is 9.98. The third-order valence-electron chi connectivity index (χ3n) is 4.80. The van der Waals surface area contributed by atoms with E-state index >= 15 is 0 Å². The molecule has 30 heavy (non-hydrogen) atoms. The summed E-state index contributed by atoms with van der Waals surface area (Å²) in [6.45, 7) is 3.87. The van der Waals surface area contributed by atoms with Crippen molar-refractivity contribution in [1.82, 2.24) is 15.5 Å². The number of amides is 1. The average molecular weight is 438 g/mol. The maximum Gasteiger partial charge on any atom is 0.416 e. The molecule has 0 saturated heterocycles. The second-order valence-electron chi connectivity index (χ2n) is 6.85. The van der Waals surface area contributed by atoms with Crippen LogP contribution in [0, 0.1) is 5.92 Å². The van der Waals surface area contributed by atoms with E-state index in [0.29, 0.717) is 22.6 Å². The Morgan fingerprint density at radius 3 is 2.43 bits per heavy atom. The van der Waals surface area contributed by atoms with Crippen LogP contribution in [-0.4, -0.2) is 16.0 Å². The van der Waals surface area contributed by atoms with Crippen LogP contribution in [0.3, 0.4) is 0 Å². The van der Waals surface area contributed by atoms with Gasteiger partial charge in [-0.05, 0) is 30.2 Å². The number of nitrogens with one attached hydrogen (secondary N) is 1. The predicted molar refractivity (Wildman–Crippen MR) is 106 cm³/mol. The number of nitrogens with zero attached hydrogens (tertiary/aromatic N) is 2. The van der Waals surface area contributed by atoms with Gasteiger partial charge < -0.3 is 9.84 Å². The van der Waals surface area contributed by atoms with Crippen molar-refractivity contribution in [3.8, 4) is 11.4 Å². The maximum atomic E-state index is 12.8. The van der Waals surface area contributed by atoms with Crippen LogP contribution in [0.1, 0.15) is 48.1 Å². The number of alkyl halides is 3. The Bertz CT molecular complexity index is 1020. The molecule has 158 valence electrons. The molecule has 1 N–H and O–H groups in total. The molecule has 3 rings (SSSR count). The van der Waals surface area contributed by atoms with Crippen LogP contribution in [0.25, 0.3) is 11.4 Å². The third kappa shape index (κ3) is 4.81. The minimum Gasteiger partial charge on any atom is -0.340 e. The monoisotopic (exact) mass is 437 g/mol. The molecule has 0 radical (unpaired) electrons. The summed E-state index contributed by atoms with van der Waals surface area (Å²) in [6.07, 6.45) is -3.71. The highest BCUT2D eigenvalue weighted by Crippen LogP contribution is 2.31. The van der Waals surface area contributed by atoms with E-state index in [9.17, 15) is 18.0 Å². The molecule has 0 saturated carbocycles. The van der Waals surface area contributed by atoms with Crippen molar-refractivity contribution in [2.45, 2.75) is 32.5 Å². The highest BCUT2D eigenvalue weighted by Gasteiger charge is 2.31. The number of carbonyl (C=O) groups excluding carboxylic acids is 1. The van der Waals surface area contributed by atoms with Crippen molar-refractivity contribution in [1.29, 1.82) is 0 Å². The van der Waals surface area contributed by atoms with Gasteiger partial charge in [0.15, 0.2) is 0 Å². The van der Waals surface area contributed by atoms with Crippen molar-refractivity contribution in [2.24, 2.45) is 5.92 Å². The Hall–Kier alpha value is -2.87. The number of hydrogen-bond donors (Lipinski definition) is 1. The molecule has 9 heteroatoms. The summed E-state index contributed by atoms with van der Waals surface area (Å²) in [4.78, 5) is 17.0. The molecular weight excluding hydrogens is 419 g/mol. The normalized spacial score (nSPS) is 13.7. The smallest absolute Gasteiger partial charge is 0.340 e. The molecule has 0 bridgehead atoms. The fraction of sp³-hybridized carbons (Fsp3) is 0.286. The molecule has 2 aromatic carbocycles. The number of carbonyl (C=O) groups is 1. The highest BCUT2D eigenvalue weighted by molar-refractivity contribution is 6.33. The molecular formula is C21H19ClF3N3O2. The van der Waals surface area contributed by atoms with Gasteiger partial charge in [0.25, 0.3) is 5.91 Å². The first-order valence-electron chi connectivity index (χ1n) is 9.27. The van der Waals surface area contributed by atoms with Gasteiger partial charge in [-0.2, -0.15) is 18.2 Å². The number of rotatable bonds is 6. The second-order valence-corrected chi connectivity index (χ2v) is 7.26. The molecule has 1 aromatic heterocycles. The molecule has 0 spiro atoms. The van der Waals surface area contributed by atoms with Gasteiger partial charge >= 0.3 is 6.18 Å². The number of halogens is 4. The fourth-order valence-corrected chi connectivity index (χ4v) is 3.06. The van der Waals surface area contributed by atoms with Crippen molar-refractivity contribution in [3.05, 3.63) is 70.6 Å². The molecule has 0 aliphatic rings. The maximum absolute atomic E-state index is 12.8. The molecule has 2 atom stereocenters. The molecule has 0 unspecified atom stereocenters. The van der Waals surface area contributed by atoms with E-state index < -0.39 is 17.8 Å². The van der Waals surface area contributed by atoms with Crippen LogP contribution in [0.2, 0.25) is 5.02 Å². The summed E-state index contributed by atoms with van der Waals surface area (Å²) in [5.41, 5.74) is -0.0762. The van der Waals surface area contributed by atoms with Crippen LogP contribution in [-0.2, 0) is 6.18 Å². The Kier molecular flexibility index (Phi) is 6.45. The first kappa shape index (κ1) is 21.8. The number of aromatic nitrogens is 2. The highest BCUT2D eigenvalue weighted by atomic mass is 35.5. The largest absolute Gasteiger partial charge is 0.416 e. The van der Waals surface area contributed by atoms with Crippen molar-refractivity contribution in [3.63, 3.8) is 0 Å². The van der Waals surface area contributed by atoms with Crippen LogP contribution < -0.4 is 5.32 Å². The topological polar surface area (TPSA) is 68.0 Å². The zero-order chi connectivity index (χ0) is 21.9. The van der Waals surface area contributed by atoms with Gasteiger partial charge in [0, 0.05) is 5.56 Å². The lowest BCUT2D eigenvalue weighted by Crippen LogP contribution is -2.33. The van der Waals surface area contributed by atoms with Crippen molar-refractivity contribution < 1.29 is 22.5 Å². The molecule has 5 nitrogen and oxygen atoms in total. The van der Waals surface area contributed by atoms with Gasteiger partial charge in [-0.3, -0.25) is 4.79 Å². The molecule has 0 fully saturated rings. The number of hydrogen-bond acceptors (Lipinski definition) is 4. The van der Waals surface area contributed by atoms with E-state index in [0.717, 1.165) is 12.1 Å². The molecule has 3 aromatic rings. The summed E-state index contributed by atoms with van der Waals surface area (Å²) >= 11 is 6.10. The van der Waals surface area contributed by atoms with Gasteiger partial charge in [0.2, 0.25) is 11.7 Å². The van der Waals surface area contributed by atoms with Crippen LogP contribution in [0.5, 0.6) is 0 Å². The van der Waals surface area contributed by atoms with Gasteiger partial charge in [-0.1, -0.05) is 61.3 Å². The van der Waals surface area contributed by atoms with E-state index in [1.807, 2.05) is 13.8 Å². The molecule has 1 heterocycles. The first-order valence-corrected chi connectivity index (χ1v) is 9.65. The van der Waals surface area contributed by atoms with Gasteiger partial charge in [-0.25, -0.2) is 0 Å². The lowest BCUT2D eigenvalue weighted by Gasteiger charge is -2.21. The van der Waals surface area contributed by atoms with E-state index in [1.54, 1.807) is 24.3 Å². The quantitative estimate of drug-likeness (QED) is 0.519. The van der Waals surface area contributed by atoms with Crippen molar-refractivity contribution >= 4 is 17.5 Å². The summed E-state index contributed by atoms with van der Waals surface area (Å²) < 4.78 is 43.6. The summed E-state index contributed by atoms with van der Waals surface area (Å²) in [7, 11) is 0. The van der Waals surface area contributed by atoms with Gasteiger partial charge in [-0.15, -0.1) is 0 Å². The van der Waals surface area contributed by atoms with E-state index in [2.05, 4.69) is 15.5 Å².